The molecule has 1 aliphatic heterocycles. The maximum atomic E-state index is 13.0. The largest absolute Gasteiger partial charge is 0.408 e. The molecule has 2 heterocycles. The Balaban J connectivity index is 1.74. The van der Waals surface area contributed by atoms with Gasteiger partial charge in [0.2, 0.25) is 21.6 Å². The van der Waals surface area contributed by atoms with E-state index in [0.29, 0.717) is 30.5 Å². The smallest absolute Gasteiger partial charge is 0.336 e. The summed E-state index contributed by atoms with van der Waals surface area (Å²) in [6.07, 6.45) is 1.02. The number of benzene rings is 1. The molecule has 26 heavy (non-hydrogen) atoms. The molecule has 1 aromatic heterocycles. The summed E-state index contributed by atoms with van der Waals surface area (Å²) in [6.45, 7) is 5.17. The van der Waals surface area contributed by atoms with Crippen molar-refractivity contribution in [1.29, 1.82) is 0 Å². The number of piperidine rings is 1. The molecule has 1 fully saturated rings. The first kappa shape index (κ1) is 18.5. The molecule has 0 spiro atoms. The van der Waals surface area contributed by atoms with Crippen LogP contribution >= 0.6 is 0 Å². The first-order chi connectivity index (χ1) is 12.2. The van der Waals surface area contributed by atoms with Crippen LogP contribution in [0.2, 0.25) is 0 Å². The van der Waals surface area contributed by atoms with Gasteiger partial charge in [-0.1, -0.05) is 18.9 Å². The van der Waals surface area contributed by atoms with Gasteiger partial charge >= 0.3 is 5.22 Å². The average Bonchev–Trinajstić information content (AvgIpc) is 3.05. The molecule has 7 nitrogen and oxygen atoms in total. The van der Waals surface area contributed by atoms with Gasteiger partial charge in [0.05, 0.1) is 0 Å². The van der Waals surface area contributed by atoms with Gasteiger partial charge in [0.25, 0.3) is 0 Å². The molecule has 2 atom stereocenters. The molecule has 0 aliphatic carbocycles. The molecule has 140 valence electrons. The fourth-order valence-corrected chi connectivity index (χ4v) is 4.23. The van der Waals surface area contributed by atoms with Crippen LogP contribution in [0.15, 0.2) is 33.9 Å². The number of amides is 1. The Labute approximate surface area is 151 Å². The predicted octanol–water partition coefficient (Wildman–Crippen LogP) is 2.15. The van der Waals surface area contributed by atoms with Gasteiger partial charge in [0, 0.05) is 18.7 Å². The number of sulfone groups is 1. The van der Waals surface area contributed by atoms with Crippen LogP contribution in [-0.2, 0) is 14.6 Å². The monoisotopic (exact) mass is 381 g/mol. The molecular weight excluding hydrogens is 361 g/mol. The van der Waals surface area contributed by atoms with E-state index in [4.69, 9.17) is 4.42 Å². The Kier molecular flexibility index (Phi) is 5.08. The molecule has 1 saturated heterocycles. The van der Waals surface area contributed by atoms with E-state index in [2.05, 4.69) is 10.2 Å². The van der Waals surface area contributed by atoms with Crippen molar-refractivity contribution >= 4 is 15.7 Å². The van der Waals surface area contributed by atoms with Gasteiger partial charge in [-0.3, -0.25) is 4.79 Å². The summed E-state index contributed by atoms with van der Waals surface area (Å²) in [5.41, 5.74) is 0.394. The van der Waals surface area contributed by atoms with E-state index in [-0.39, 0.29) is 5.89 Å². The molecule has 0 bridgehead atoms. The van der Waals surface area contributed by atoms with Crippen LogP contribution in [0.5, 0.6) is 0 Å². The van der Waals surface area contributed by atoms with E-state index in [1.54, 1.807) is 4.90 Å². The third kappa shape index (κ3) is 4.09. The second-order valence-electron chi connectivity index (χ2n) is 6.88. The number of nitrogens with zero attached hydrogens (tertiary/aromatic N) is 3. The molecular formula is C17H20FN3O4S. The third-order valence-electron chi connectivity index (χ3n) is 4.30. The summed E-state index contributed by atoms with van der Waals surface area (Å²) >= 11 is 0. The number of hydrogen-bond acceptors (Lipinski definition) is 6. The van der Waals surface area contributed by atoms with E-state index in [1.807, 2.05) is 13.8 Å². The normalized spacial score (nSPS) is 21.0. The van der Waals surface area contributed by atoms with Crippen LogP contribution in [0.25, 0.3) is 11.5 Å². The average molecular weight is 381 g/mol. The number of carbonyl (C=O) groups is 1. The standard InChI is InChI=1S/C17H20FN3O4S/c1-11-7-12(2)9-21(8-11)15(22)10-26(23,24)17-20-19-16(25-17)13-3-5-14(18)6-4-13/h3-6,11-12H,7-10H2,1-2H3. The second kappa shape index (κ2) is 7.14. The minimum Gasteiger partial charge on any atom is -0.408 e. The predicted molar refractivity (Wildman–Crippen MR) is 91.3 cm³/mol. The molecule has 0 N–H and O–H groups in total. The molecule has 0 saturated carbocycles. The number of likely N-dealkylation sites (tertiary alicyclic amines) is 1. The Bertz CT molecular complexity index is 885. The lowest BCUT2D eigenvalue weighted by Crippen LogP contribution is -2.44. The van der Waals surface area contributed by atoms with E-state index in [9.17, 15) is 17.6 Å². The van der Waals surface area contributed by atoms with Crippen molar-refractivity contribution in [2.24, 2.45) is 11.8 Å². The van der Waals surface area contributed by atoms with Crippen molar-refractivity contribution in [3.05, 3.63) is 30.1 Å². The number of rotatable bonds is 4. The van der Waals surface area contributed by atoms with Gasteiger partial charge in [-0.2, -0.15) is 0 Å². The molecule has 3 rings (SSSR count). The minimum atomic E-state index is -4.04. The van der Waals surface area contributed by atoms with E-state index in [1.165, 1.54) is 24.3 Å². The van der Waals surface area contributed by atoms with Crippen molar-refractivity contribution in [2.75, 3.05) is 18.8 Å². The van der Waals surface area contributed by atoms with Crippen LogP contribution in [0.3, 0.4) is 0 Å². The number of hydrogen-bond donors (Lipinski definition) is 0. The molecule has 0 radical (unpaired) electrons. The van der Waals surface area contributed by atoms with E-state index < -0.39 is 32.5 Å². The van der Waals surface area contributed by atoms with E-state index in [0.717, 1.165) is 6.42 Å². The molecule has 2 unspecified atom stereocenters. The Hall–Kier alpha value is -2.29. The van der Waals surface area contributed by atoms with Gasteiger partial charge < -0.3 is 9.32 Å². The number of aromatic nitrogens is 2. The highest BCUT2D eigenvalue weighted by Gasteiger charge is 2.31. The van der Waals surface area contributed by atoms with Crippen LogP contribution in [0.1, 0.15) is 20.3 Å². The highest BCUT2D eigenvalue weighted by molar-refractivity contribution is 7.91. The van der Waals surface area contributed by atoms with Crippen LogP contribution < -0.4 is 0 Å². The van der Waals surface area contributed by atoms with Crippen molar-refractivity contribution in [2.45, 2.75) is 25.5 Å². The zero-order chi connectivity index (χ0) is 18.9. The zero-order valence-corrected chi connectivity index (χ0v) is 15.4. The van der Waals surface area contributed by atoms with Gasteiger partial charge in [-0.25, -0.2) is 12.8 Å². The molecule has 1 aliphatic rings. The maximum Gasteiger partial charge on any atom is 0.336 e. The summed E-state index contributed by atoms with van der Waals surface area (Å²) in [4.78, 5) is 14.0. The summed E-state index contributed by atoms with van der Waals surface area (Å²) < 4.78 is 43.1. The quantitative estimate of drug-likeness (QED) is 0.806. The fourth-order valence-electron chi connectivity index (χ4n) is 3.23. The Morgan fingerprint density at radius 1 is 1.19 bits per heavy atom. The van der Waals surface area contributed by atoms with Crippen molar-refractivity contribution < 1.29 is 22.0 Å². The second-order valence-corrected chi connectivity index (χ2v) is 8.75. The maximum absolute atomic E-state index is 13.0. The van der Waals surface area contributed by atoms with Crippen molar-refractivity contribution in [3.8, 4) is 11.5 Å². The lowest BCUT2D eigenvalue weighted by molar-refractivity contribution is -0.131. The molecule has 9 heteroatoms. The SMILES string of the molecule is CC1CC(C)CN(C(=O)CS(=O)(=O)c2nnc(-c3ccc(F)cc3)o2)C1. The molecule has 2 aromatic rings. The highest BCUT2D eigenvalue weighted by atomic mass is 32.2. The first-order valence-corrected chi connectivity index (χ1v) is 10.00. The van der Waals surface area contributed by atoms with Crippen molar-refractivity contribution in [1.82, 2.24) is 15.1 Å². The van der Waals surface area contributed by atoms with Gasteiger partial charge in [-0.05, 0) is 42.5 Å². The highest BCUT2D eigenvalue weighted by Crippen LogP contribution is 2.23. The van der Waals surface area contributed by atoms with Gasteiger partial charge in [0.15, 0.2) is 0 Å². The van der Waals surface area contributed by atoms with Crippen molar-refractivity contribution in [3.63, 3.8) is 0 Å². The first-order valence-electron chi connectivity index (χ1n) is 8.34. The van der Waals surface area contributed by atoms with Gasteiger partial charge in [0.1, 0.15) is 11.6 Å². The van der Waals surface area contributed by atoms with Crippen LogP contribution in [0.4, 0.5) is 4.39 Å². The summed E-state index contributed by atoms with van der Waals surface area (Å²) in [5, 5.41) is 6.62. The summed E-state index contributed by atoms with van der Waals surface area (Å²) in [5.74, 6) is -0.993. The van der Waals surface area contributed by atoms with Gasteiger partial charge in [-0.15, -0.1) is 5.10 Å². The Morgan fingerprint density at radius 2 is 1.81 bits per heavy atom. The molecule has 1 amide bonds. The lowest BCUT2D eigenvalue weighted by atomic mass is 9.92. The minimum absolute atomic E-state index is 0.0451. The Morgan fingerprint density at radius 3 is 2.42 bits per heavy atom. The topological polar surface area (TPSA) is 93.4 Å². The van der Waals surface area contributed by atoms with Crippen LogP contribution in [0, 0.1) is 17.7 Å². The lowest BCUT2D eigenvalue weighted by Gasteiger charge is -2.34. The summed E-state index contributed by atoms with van der Waals surface area (Å²) in [6, 6.07) is 5.22. The summed E-state index contributed by atoms with van der Waals surface area (Å²) in [7, 11) is -4.04. The number of carbonyl (C=O) groups excluding carboxylic acids is 1. The zero-order valence-electron chi connectivity index (χ0n) is 14.6. The number of halogens is 1. The van der Waals surface area contributed by atoms with E-state index >= 15 is 0 Å². The molecule has 1 aromatic carbocycles. The fraction of sp³-hybridized carbons (Fsp3) is 0.471. The third-order valence-corrected chi connectivity index (χ3v) is 5.62. The van der Waals surface area contributed by atoms with Crippen LogP contribution in [-0.4, -0.2) is 48.3 Å².